The van der Waals surface area contributed by atoms with Crippen molar-refractivity contribution in [3.63, 3.8) is 0 Å². The van der Waals surface area contributed by atoms with Crippen molar-refractivity contribution < 1.29 is 32.2 Å². The molecule has 1 aromatic rings. The minimum Gasteiger partial charge on any atom is -0.495 e. The molecule has 5 rings (SSSR count). The lowest BCUT2D eigenvalue weighted by atomic mass is 9.81. The minimum absolute atomic E-state index is 0.0446. The van der Waals surface area contributed by atoms with Crippen LogP contribution in [0.25, 0.3) is 0 Å². The maximum atomic E-state index is 13.5. The highest BCUT2D eigenvalue weighted by Crippen LogP contribution is 2.39. The number of benzene rings is 1. The Labute approximate surface area is 194 Å². The molecule has 4 aliphatic rings. The third kappa shape index (κ3) is 3.96. The lowest BCUT2D eigenvalue weighted by Crippen LogP contribution is -2.47. The molecule has 0 radical (unpaired) electrons. The summed E-state index contributed by atoms with van der Waals surface area (Å²) in [6, 6.07) is 4.84. The second kappa shape index (κ2) is 8.65. The van der Waals surface area contributed by atoms with Gasteiger partial charge in [-0.15, -0.1) is 0 Å². The van der Waals surface area contributed by atoms with Gasteiger partial charge < -0.3 is 14.2 Å². The molecule has 180 valence electrons. The number of fused-ring (bicyclic) bond motifs is 1. The Morgan fingerprint density at radius 3 is 2.21 bits per heavy atom. The molecule has 0 bridgehead atoms. The molecule has 2 amide bonds. The van der Waals surface area contributed by atoms with Gasteiger partial charge in [-0.05, 0) is 30.5 Å². The fourth-order valence-electron chi connectivity index (χ4n) is 5.58. The monoisotopic (exact) mass is 478 g/mol. The molecule has 1 spiro atoms. The van der Waals surface area contributed by atoms with Crippen LogP contribution in [0.2, 0.25) is 0 Å². The molecule has 1 aromatic carbocycles. The van der Waals surface area contributed by atoms with Crippen molar-refractivity contribution in [2.75, 3.05) is 33.4 Å². The molecule has 2 unspecified atom stereocenters. The zero-order valence-corrected chi connectivity index (χ0v) is 19.6. The van der Waals surface area contributed by atoms with E-state index in [0.29, 0.717) is 31.6 Å². The van der Waals surface area contributed by atoms with Crippen LogP contribution in [0.3, 0.4) is 0 Å². The number of methoxy groups -OCH3 is 1. The van der Waals surface area contributed by atoms with Crippen molar-refractivity contribution in [3.8, 4) is 5.75 Å². The van der Waals surface area contributed by atoms with Crippen LogP contribution in [0.15, 0.2) is 23.1 Å². The Hall–Kier alpha value is -2.01. The van der Waals surface area contributed by atoms with Crippen LogP contribution in [0, 0.1) is 11.8 Å². The molecule has 3 saturated heterocycles. The van der Waals surface area contributed by atoms with E-state index in [2.05, 4.69) is 0 Å². The fraction of sp³-hybridized carbons (Fsp3) is 0.652. The Bertz CT molecular complexity index is 1020. The zero-order valence-electron chi connectivity index (χ0n) is 18.8. The number of nitrogens with zero attached hydrogens (tertiary/aromatic N) is 2. The van der Waals surface area contributed by atoms with E-state index in [-0.39, 0.29) is 53.9 Å². The number of piperidine rings is 1. The summed E-state index contributed by atoms with van der Waals surface area (Å²) >= 11 is 0. The summed E-state index contributed by atoms with van der Waals surface area (Å²) in [6.07, 6.45) is 4.36. The highest BCUT2D eigenvalue weighted by molar-refractivity contribution is 7.89. The standard InChI is InChI=1S/C23H30N2O7S/c1-30-19-7-6-16(15-25-21(26)17-4-2-3-5-18(17)22(25)27)14-20(19)33(28,29)24-10-8-23(9-11-24)31-12-13-32-23/h6-7,14,17-18H,2-5,8-13,15H2,1H3. The molecule has 9 nitrogen and oxygen atoms in total. The van der Waals surface area contributed by atoms with E-state index in [9.17, 15) is 18.0 Å². The summed E-state index contributed by atoms with van der Waals surface area (Å²) < 4.78 is 45.2. The van der Waals surface area contributed by atoms with Crippen molar-refractivity contribution in [2.45, 2.75) is 55.8 Å². The molecule has 10 heteroatoms. The maximum Gasteiger partial charge on any atom is 0.246 e. The van der Waals surface area contributed by atoms with E-state index in [1.165, 1.54) is 22.4 Å². The van der Waals surface area contributed by atoms with Crippen LogP contribution in [-0.2, 0) is 35.6 Å². The number of carbonyl (C=O) groups excluding carboxylic acids is 2. The summed E-state index contributed by atoms with van der Waals surface area (Å²) in [5.74, 6) is -1.17. The molecular formula is C23H30N2O7S. The number of rotatable bonds is 5. The van der Waals surface area contributed by atoms with E-state index in [1.54, 1.807) is 12.1 Å². The second-order valence-electron chi connectivity index (χ2n) is 9.26. The minimum atomic E-state index is -3.85. The molecule has 33 heavy (non-hydrogen) atoms. The third-order valence-electron chi connectivity index (χ3n) is 7.42. The number of carbonyl (C=O) groups is 2. The molecule has 0 aromatic heterocycles. The lowest BCUT2D eigenvalue weighted by molar-refractivity contribution is -0.179. The highest BCUT2D eigenvalue weighted by Gasteiger charge is 2.48. The first-order chi connectivity index (χ1) is 15.8. The van der Waals surface area contributed by atoms with E-state index >= 15 is 0 Å². The smallest absolute Gasteiger partial charge is 0.246 e. The Balaban J connectivity index is 1.37. The lowest BCUT2D eigenvalue weighted by Gasteiger charge is -2.37. The molecule has 0 N–H and O–H groups in total. The summed E-state index contributed by atoms with van der Waals surface area (Å²) in [7, 11) is -2.42. The van der Waals surface area contributed by atoms with Crippen molar-refractivity contribution in [3.05, 3.63) is 23.8 Å². The average molecular weight is 479 g/mol. The first-order valence-electron chi connectivity index (χ1n) is 11.6. The van der Waals surface area contributed by atoms with Crippen LogP contribution in [-0.4, -0.2) is 68.6 Å². The predicted octanol–water partition coefficient (Wildman–Crippen LogP) is 1.90. The summed E-state index contributed by atoms with van der Waals surface area (Å²) in [4.78, 5) is 27.1. The van der Waals surface area contributed by atoms with Crippen molar-refractivity contribution >= 4 is 21.8 Å². The highest BCUT2D eigenvalue weighted by atomic mass is 32.2. The molecule has 2 atom stereocenters. The van der Waals surface area contributed by atoms with E-state index in [1.807, 2.05) is 0 Å². The van der Waals surface area contributed by atoms with Crippen molar-refractivity contribution in [2.24, 2.45) is 11.8 Å². The third-order valence-corrected chi connectivity index (χ3v) is 9.34. The van der Waals surface area contributed by atoms with E-state index < -0.39 is 15.8 Å². The molecule has 1 saturated carbocycles. The van der Waals surface area contributed by atoms with Gasteiger partial charge in [-0.2, -0.15) is 4.31 Å². The fourth-order valence-corrected chi connectivity index (χ4v) is 7.23. The van der Waals surface area contributed by atoms with Gasteiger partial charge in [-0.25, -0.2) is 8.42 Å². The Morgan fingerprint density at radius 2 is 1.64 bits per heavy atom. The first kappa shape index (κ1) is 22.8. The van der Waals surface area contributed by atoms with Gasteiger partial charge in [0, 0.05) is 25.9 Å². The van der Waals surface area contributed by atoms with Crippen molar-refractivity contribution in [1.29, 1.82) is 0 Å². The van der Waals surface area contributed by atoms with E-state index in [0.717, 1.165) is 25.7 Å². The van der Waals surface area contributed by atoms with Crippen LogP contribution in [0.4, 0.5) is 0 Å². The van der Waals surface area contributed by atoms with Crippen LogP contribution < -0.4 is 4.74 Å². The van der Waals surface area contributed by atoms with Gasteiger partial charge in [-0.3, -0.25) is 14.5 Å². The number of ether oxygens (including phenoxy) is 3. The van der Waals surface area contributed by atoms with Gasteiger partial charge in [0.15, 0.2) is 5.79 Å². The maximum absolute atomic E-state index is 13.5. The number of sulfonamides is 1. The topological polar surface area (TPSA) is 102 Å². The summed E-state index contributed by atoms with van der Waals surface area (Å²) in [5.41, 5.74) is 0.589. The zero-order chi connectivity index (χ0) is 23.2. The largest absolute Gasteiger partial charge is 0.495 e. The van der Waals surface area contributed by atoms with Gasteiger partial charge in [0.25, 0.3) is 0 Å². The summed E-state index contributed by atoms with van der Waals surface area (Å²) in [5, 5.41) is 0. The number of hydrogen-bond donors (Lipinski definition) is 0. The second-order valence-corrected chi connectivity index (χ2v) is 11.2. The van der Waals surface area contributed by atoms with E-state index in [4.69, 9.17) is 14.2 Å². The van der Waals surface area contributed by atoms with Crippen LogP contribution in [0.5, 0.6) is 5.75 Å². The number of imide groups is 1. The first-order valence-corrected chi connectivity index (χ1v) is 13.1. The quantitative estimate of drug-likeness (QED) is 0.596. The number of likely N-dealkylation sites (tertiary alicyclic amines) is 1. The van der Waals surface area contributed by atoms with Gasteiger partial charge >= 0.3 is 0 Å². The average Bonchev–Trinajstić information content (AvgIpc) is 3.38. The normalized spacial score (nSPS) is 27.8. The van der Waals surface area contributed by atoms with Gasteiger partial charge in [0.2, 0.25) is 21.8 Å². The Morgan fingerprint density at radius 1 is 1.03 bits per heavy atom. The predicted molar refractivity (Wildman–Crippen MR) is 117 cm³/mol. The molecular weight excluding hydrogens is 448 g/mol. The number of hydrogen-bond acceptors (Lipinski definition) is 7. The SMILES string of the molecule is COc1ccc(CN2C(=O)C3CCCCC3C2=O)cc1S(=O)(=O)N1CCC2(CC1)OCCO2. The van der Waals surface area contributed by atoms with Crippen LogP contribution >= 0.6 is 0 Å². The molecule has 4 fully saturated rings. The molecule has 3 aliphatic heterocycles. The molecule has 3 heterocycles. The van der Waals surface area contributed by atoms with Gasteiger partial charge in [-0.1, -0.05) is 18.9 Å². The van der Waals surface area contributed by atoms with Crippen LogP contribution in [0.1, 0.15) is 44.1 Å². The molecule has 1 aliphatic carbocycles. The van der Waals surface area contributed by atoms with Gasteiger partial charge in [0.1, 0.15) is 10.6 Å². The number of amides is 2. The summed E-state index contributed by atoms with van der Waals surface area (Å²) in [6.45, 7) is 1.68. The van der Waals surface area contributed by atoms with Gasteiger partial charge in [0.05, 0.1) is 38.7 Å². The van der Waals surface area contributed by atoms with Crippen molar-refractivity contribution in [1.82, 2.24) is 9.21 Å². The Kier molecular flexibility index (Phi) is 5.97.